The molecule has 1 N–H and O–H groups in total. The van der Waals surface area contributed by atoms with Crippen molar-refractivity contribution in [3.63, 3.8) is 0 Å². The molecule has 2 nitrogen and oxygen atoms in total. The van der Waals surface area contributed by atoms with Crippen LogP contribution in [0.5, 0.6) is 0 Å². The van der Waals surface area contributed by atoms with E-state index < -0.39 is 21.1 Å². The molecule has 0 saturated carbocycles. The van der Waals surface area contributed by atoms with Crippen molar-refractivity contribution in [3.05, 3.63) is 12.5 Å². The Balaban J connectivity index is 2.83. The standard InChI is InChI=1S/C14H29.C3H3N2.Sn/c1-5-8-10-14(11-9-6-2)12-13(4)7-3;1-2-5-3-4-1;/h13H,5-12H2,1-4H3;1,3H,(H,4,5);. The summed E-state index contributed by atoms with van der Waals surface area (Å²) in [5.74, 6) is 0.868. The molecule has 0 aliphatic heterocycles. The zero-order valence-corrected chi connectivity index (χ0v) is 16.7. The van der Waals surface area contributed by atoms with Gasteiger partial charge >= 0.3 is 136 Å². The van der Waals surface area contributed by atoms with E-state index >= 15 is 0 Å². The van der Waals surface area contributed by atoms with Crippen LogP contribution in [0.2, 0.25) is 3.43 Å². The van der Waals surface area contributed by atoms with Crippen molar-refractivity contribution in [3.8, 4) is 0 Å². The molecule has 0 amide bonds. The molecular formula is C17H32N2Sn. The molecule has 0 bridgehead atoms. The predicted molar refractivity (Wildman–Crippen MR) is 89.8 cm³/mol. The molecule has 0 aromatic carbocycles. The molecule has 1 heterocycles. The second kappa shape index (κ2) is 9.86. The quantitative estimate of drug-likeness (QED) is 0.551. The summed E-state index contributed by atoms with van der Waals surface area (Å²) in [4.78, 5) is 7.65. The van der Waals surface area contributed by atoms with E-state index in [1.807, 2.05) is 6.33 Å². The van der Waals surface area contributed by atoms with Crippen molar-refractivity contribution in [2.75, 3.05) is 0 Å². The molecule has 1 unspecified atom stereocenters. The summed E-state index contributed by atoms with van der Waals surface area (Å²) < 4.78 is 2.14. The Kier molecular flexibility index (Phi) is 8.90. The van der Waals surface area contributed by atoms with E-state index in [0.29, 0.717) is 3.43 Å². The average Bonchev–Trinajstić information content (AvgIpc) is 2.95. The molecule has 1 atom stereocenters. The van der Waals surface area contributed by atoms with Crippen LogP contribution in [0.25, 0.3) is 0 Å². The van der Waals surface area contributed by atoms with Crippen LogP contribution in [0.4, 0.5) is 0 Å². The summed E-state index contributed by atoms with van der Waals surface area (Å²) in [5, 5.41) is 0. The van der Waals surface area contributed by atoms with E-state index in [0.717, 1.165) is 5.92 Å². The third kappa shape index (κ3) is 6.19. The Hall–Kier alpha value is 0.00870. The van der Waals surface area contributed by atoms with Crippen molar-refractivity contribution in [2.45, 2.75) is 82.5 Å². The molecule has 0 saturated heterocycles. The molecule has 3 heteroatoms. The molecule has 0 fully saturated rings. The van der Waals surface area contributed by atoms with Gasteiger partial charge in [-0.2, -0.15) is 0 Å². The average molecular weight is 383 g/mol. The SMILES string of the molecule is CCCC[C](CCCC)(CC(C)CC)[Sn][c]1cnc[nH]1. The number of H-pyrrole nitrogens is 1. The fourth-order valence-corrected chi connectivity index (χ4v) is 8.38. The maximum atomic E-state index is 4.25. The summed E-state index contributed by atoms with van der Waals surface area (Å²) in [7, 11) is 0. The van der Waals surface area contributed by atoms with Crippen LogP contribution < -0.4 is 3.71 Å². The van der Waals surface area contributed by atoms with Gasteiger partial charge in [0, 0.05) is 0 Å². The number of hydrogen-bond donors (Lipinski definition) is 1. The summed E-state index contributed by atoms with van der Waals surface area (Å²) >= 11 is -0.598. The van der Waals surface area contributed by atoms with Crippen LogP contribution in [0.15, 0.2) is 12.5 Å². The minimum absolute atomic E-state index is 0.598. The van der Waals surface area contributed by atoms with Gasteiger partial charge in [-0.3, -0.25) is 0 Å². The van der Waals surface area contributed by atoms with E-state index in [1.165, 1.54) is 55.1 Å². The summed E-state index contributed by atoms with van der Waals surface area (Å²) in [6, 6.07) is 0. The Morgan fingerprint density at radius 1 is 1.20 bits per heavy atom. The first kappa shape index (κ1) is 18.1. The third-order valence-electron chi connectivity index (χ3n) is 4.35. The predicted octanol–water partition coefficient (Wildman–Crippen LogP) is 4.71. The number of nitrogens with one attached hydrogen (secondary N) is 1. The maximum absolute atomic E-state index is 4.25. The van der Waals surface area contributed by atoms with Crippen molar-refractivity contribution in [1.29, 1.82) is 0 Å². The number of hydrogen-bond acceptors (Lipinski definition) is 1. The molecule has 2 radical (unpaired) electrons. The topological polar surface area (TPSA) is 28.7 Å². The van der Waals surface area contributed by atoms with E-state index in [2.05, 4.69) is 43.9 Å². The molecule has 20 heavy (non-hydrogen) atoms. The van der Waals surface area contributed by atoms with Crippen molar-refractivity contribution in [1.82, 2.24) is 9.97 Å². The number of nitrogens with zero attached hydrogens (tertiary/aromatic N) is 1. The van der Waals surface area contributed by atoms with Crippen molar-refractivity contribution >= 4 is 24.9 Å². The minimum atomic E-state index is -0.598. The fourth-order valence-electron chi connectivity index (χ4n) is 2.96. The number of aromatic nitrogens is 2. The van der Waals surface area contributed by atoms with Crippen LogP contribution in [0, 0.1) is 5.92 Å². The summed E-state index contributed by atoms with van der Waals surface area (Å²) in [5.41, 5.74) is 0. The third-order valence-corrected chi connectivity index (χ3v) is 9.42. The molecule has 1 aromatic heterocycles. The van der Waals surface area contributed by atoms with Gasteiger partial charge in [0.25, 0.3) is 0 Å². The van der Waals surface area contributed by atoms with Gasteiger partial charge in [-0.25, -0.2) is 0 Å². The zero-order valence-electron chi connectivity index (χ0n) is 13.8. The van der Waals surface area contributed by atoms with Crippen LogP contribution in [-0.4, -0.2) is 31.1 Å². The summed E-state index contributed by atoms with van der Waals surface area (Å²) in [6.07, 6.45) is 15.1. The molecule has 114 valence electrons. The first-order chi connectivity index (χ1) is 9.65. The molecule has 0 aliphatic carbocycles. The van der Waals surface area contributed by atoms with Gasteiger partial charge in [-0.1, -0.05) is 0 Å². The number of rotatable bonds is 11. The number of unbranched alkanes of at least 4 members (excludes halogenated alkanes) is 2. The van der Waals surface area contributed by atoms with Gasteiger partial charge in [-0.15, -0.1) is 0 Å². The monoisotopic (exact) mass is 384 g/mol. The Morgan fingerprint density at radius 2 is 1.85 bits per heavy atom. The van der Waals surface area contributed by atoms with E-state index in [1.54, 1.807) is 0 Å². The van der Waals surface area contributed by atoms with Gasteiger partial charge in [0.1, 0.15) is 0 Å². The second-order valence-corrected chi connectivity index (χ2v) is 11.6. The van der Waals surface area contributed by atoms with Crippen molar-refractivity contribution < 1.29 is 0 Å². The van der Waals surface area contributed by atoms with Crippen LogP contribution in [0.3, 0.4) is 0 Å². The Labute approximate surface area is 135 Å². The van der Waals surface area contributed by atoms with Gasteiger partial charge in [0.15, 0.2) is 0 Å². The van der Waals surface area contributed by atoms with E-state index in [4.69, 9.17) is 0 Å². The van der Waals surface area contributed by atoms with Crippen LogP contribution >= 0.6 is 0 Å². The van der Waals surface area contributed by atoms with Gasteiger partial charge in [0.05, 0.1) is 0 Å². The Bertz CT molecular complexity index is 327. The second-order valence-electron chi connectivity index (χ2n) is 6.30. The number of aromatic amines is 1. The normalized spacial score (nSPS) is 13.6. The summed E-state index contributed by atoms with van der Waals surface area (Å²) in [6.45, 7) is 9.44. The molecule has 0 aliphatic rings. The van der Waals surface area contributed by atoms with Crippen LogP contribution in [0.1, 0.15) is 79.1 Å². The molecule has 1 rings (SSSR count). The Morgan fingerprint density at radius 3 is 2.30 bits per heavy atom. The van der Waals surface area contributed by atoms with Gasteiger partial charge in [0.2, 0.25) is 0 Å². The van der Waals surface area contributed by atoms with Crippen LogP contribution in [-0.2, 0) is 0 Å². The number of imidazole rings is 1. The van der Waals surface area contributed by atoms with E-state index in [9.17, 15) is 0 Å². The molecule has 1 aromatic rings. The zero-order chi connectivity index (χ0) is 14.8. The molecule has 0 spiro atoms. The van der Waals surface area contributed by atoms with Gasteiger partial charge < -0.3 is 0 Å². The first-order valence-corrected chi connectivity index (χ1v) is 11.3. The van der Waals surface area contributed by atoms with E-state index in [-0.39, 0.29) is 0 Å². The first-order valence-electron chi connectivity index (χ1n) is 8.42. The van der Waals surface area contributed by atoms with Crippen molar-refractivity contribution in [2.24, 2.45) is 5.92 Å². The molecular weight excluding hydrogens is 351 g/mol. The fraction of sp³-hybridized carbons (Fsp3) is 0.824. The van der Waals surface area contributed by atoms with Gasteiger partial charge in [-0.05, 0) is 0 Å².